The van der Waals surface area contributed by atoms with Crippen molar-refractivity contribution >= 4 is 21.6 Å². The van der Waals surface area contributed by atoms with Gasteiger partial charge in [0.1, 0.15) is 5.82 Å². The molecule has 0 aromatic heterocycles. The van der Waals surface area contributed by atoms with Crippen LogP contribution in [0.5, 0.6) is 0 Å². The Morgan fingerprint density at radius 1 is 1.44 bits per heavy atom. The molecule has 1 rings (SSSR count). The molecule has 3 nitrogen and oxygen atoms in total. The SMILES string of the molecule is CC(C)NS(=O)(=O)Cc1ccc(F)cc1Cl. The van der Waals surface area contributed by atoms with Crippen molar-refractivity contribution in [2.24, 2.45) is 0 Å². The molecule has 0 bridgehead atoms. The van der Waals surface area contributed by atoms with Gasteiger partial charge in [-0.25, -0.2) is 17.5 Å². The van der Waals surface area contributed by atoms with Crippen molar-refractivity contribution in [3.8, 4) is 0 Å². The summed E-state index contributed by atoms with van der Waals surface area (Å²) in [6, 6.07) is 3.48. The summed E-state index contributed by atoms with van der Waals surface area (Å²) in [7, 11) is -3.43. The number of nitrogens with one attached hydrogen (secondary N) is 1. The van der Waals surface area contributed by atoms with E-state index in [1.807, 2.05) is 0 Å². The molecule has 0 unspecified atom stereocenters. The summed E-state index contributed by atoms with van der Waals surface area (Å²) >= 11 is 5.74. The zero-order valence-corrected chi connectivity index (χ0v) is 10.6. The molecule has 0 atom stereocenters. The topological polar surface area (TPSA) is 46.2 Å². The third-order valence-electron chi connectivity index (χ3n) is 1.78. The number of hydrogen-bond donors (Lipinski definition) is 1. The molecule has 0 amide bonds. The minimum Gasteiger partial charge on any atom is -0.212 e. The van der Waals surface area contributed by atoms with Gasteiger partial charge in [-0.15, -0.1) is 0 Å². The number of rotatable bonds is 4. The van der Waals surface area contributed by atoms with Crippen LogP contribution in [0, 0.1) is 5.82 Å². The van der Waals surface area contributed by atoms with Crippen LogP contribution < -0.4 is 4.72 Å². The maximum absolute atomic E-state index is 12.7. The van der Waals surface area contributed by atoms with Crippen LogP contribution in [0.25, 0.3) is 0 Å². The van der Waals surface area contributed by atoms with Crippen LogP contribution in [0.4, 0.5) is 4.39 Å². The average molecular weight is 266 g/mol. The van der Waals surface area contributed by atoms with Gasteiger partial charge in [-0.2, -0.15) is 0 Å². The van der Waals surface area contributed by atoms with Crippen molar-refractivity contribution in [3.05, 3.63) is 34.6 Å². The smallest absolute Gasteiger partial charge is 0.212 e. The van der Waals surface area contributed by atoms with Gasteiger partial charge in [0.05, 0.1) is 5.75 Å². The number of hydrogen-bond acceptors (Lipinski definition) is 2. The van der Waals surface area contributed by atoms with Gasteiger partial charge in [-0.05, 0) is 31.5 Å². The Morgan fingerprint density at radius 2 is 2.06 bits per heavy atom. The number of benzene rings is 1. The fourth-order valence-electron chi connectivity index (χ4n) is 1.24. The van der Waals surface area contributed by atoms with E-state index in [4.69, 9.17) is 11.6 Å². The van der Waals surface area contributed by atoms with Crippen molar-refractivity contribution in [1.82, 2.24) is 4.72 Å². The summed E-state index contributed by atoms with van der Waals surface area (Å²) in [5.41, 5.74) is 0.385. The van der Waals surface area contributed by atoms with Crippen LogP contribution in [-0.4, -0.2) is 14.5 Å². The lowest BCUT2D eigenvalue weighted by atomic mass is 10.2. The molecule has 0 saturated heterocycles. The van der Waals surface area contributed by atoms with Crippen molar-refractivity contribution in [3.63, 3.8) is 0 Å². The predicted octanol–water partition coefficient (Wildman–Crippen LogP) is 2.31. The highest BCUT2D eigenvalue weighted by molar-refractivity contribution is 7.88. The first-order valence-corrected chi connectivity index (χ1v) is 6.77. The Balaban J connectivity index is 2.88. The fraction of sp³-hybridized carbons (Fsp3) is 0.400. The molecule has 16 heavy (non-hydrogen) atoms. The molecular formula is C10H13ClFNO2S. The lowest BCUT2D eigenvalue weighted by molar-refractivity contribution is 0.568. The Bertz CT molecular complexity index is 474. The third kappa shape index (κ3) is 4.08. The van der Waals surface area contributed by atoms with E-state index < -0.39 is 15.8 Å². The minimum absolute atomic E-state index is 0.120. The lowest BCUT2D eigenvalue weighted by Gasteiger charge is -2.10. The van der Waals surface area contributed by atoms with E-state index in [1.165, 1.54) is 12.1 Å². The van der Waals surface area contributed by atoms with Crippen LogP contribution in [0.2, 0.25) is 5.02 Å². The largest absolute Gasteiger partial charge is 0.216 e. The summed E-state index contributed by atoms with van der Waals surface area (Å²) < 4.78 is 38.3. The molecule has 0 aliphatic carbocycles. The Hall–Kier alpha value is -0.650. The molecule has 0 aliphatic rings. The van der Waals surface area contributed by atoms with Gasteiger partial charge in [0.25, 0.3) is 0 Å². The molecule has 0 heterocycles. The molecule has 0 radical (unpaired) electrons. The van der Waals surface area contributed by atoms with Crippen LogP contribution in [0.15, 0.2) is 18.2 Å². The predicted molar refractivity (Wildman–Crippen MR) is 62.3 cm³/mol. The van der Waals surface area contributed by atoms with Gasteiger partial charge in [0.15, 0.2) is 0 Å². The second-order valence-corrected chi connectivity index (χ2v) is 5.93. The highest BCUT2D eigenvalue weighted by Gasteiger charge is 2.15. The zero-order valence-electron chi connectivity index (χ0n) is 9.00. The molecule has 0 spiro atoms. The van der Waals surface area contributed by atoms with Gasteiger partial charge in [0, 0.05) is 11.1 Å². The molecule has 1 aromatic carbocycles. The van der Waals surface area contributed by atoms with E-state index in [0.717, 1.165) is 6.07 Å². The number of sulfonamides is 1. The van der Waals surface area contributed by atoms with Crippen molar-refractivity contribution < 1.29 is 12.8 Å². The zero-order chi connectivity index (χ0) is 12.3. The Morgan fingerprint density at radius 3 is 2.56 bits per heavy atom. The lowest BCUT2D eigenvalue weighted by Crippen LogP contribution is -2.31. The van der Waals surface area contributed by atoms with Crippen molar-refractivity contribution in [2.45, 2.75) is 25.6 Å². The molecular weight excluding hydrogens is 253 g/mol. The first-order valence-electron chi connectivity index (χ1n) is 4.74. The molecule has 0 fully saturated rings. The quantitative estimate of drug-likeness (QED) is 0.908. The second kappa shape index (κ2) is 5.12. The van der Waals surface area contributed by atoms with Gasteiger partial charge in [-0.3, -0.25) is 0 Å². The summed E-state index contributed by atoms with van der Waals surface area (Å²) in [4.78, 5) is 0. The van der Waals surface area contributed by atoms with E-state index in [0.29, 0.717) is 5.56 Å². The second-order valence-electron chi connectivity index (χ2n) is 3.77. The maximum Gasteiger partial charge on any atom is 0.216 e. The highest BCUT2D eigenvalue weighted by atomic mass is 35.5. The first kappa shape index (κ1) is 13.4. The number of halogens is 2. The van der Waals surface area contributed by atoms with E-state index in [-0.39, 0.29) is 16.8 Å². The van der Waals surface area contributed by atoms with Crippen LogP contribution in [0.1, 0.15) is 19.4 Å². The summed E-state index contributed by atoms with van der Waals surface area (Å²) in [6.07, 6.45) is 0. The molecule has 0 saturated carbocycles. The Kier molecular flexibility index (Phi) is 4.29. The summed E-state index contributed by atoms with van der Waals surface area (Å²) in [5.74, 6) is -0.729. The third-order valence-corrected chi connectivity index (χ3v) is 3.65. The van der Waals surface area contributed by atoms with Gasteiger partial charge >= 0.3 is 0 Å². The van der Waals surface area contributed by atoms with Gasteiger partial charge in [-0.1, -0.05) is 17.7 Å². The fourth-order valence-corrected chi connectivity index (χ4v) is 3.02. The van der Waals surface area contributed by atoms with Crippen LogP contribution >= 0.6 is 11.6 Å². The minimum atomic E-state index is -3.43. The van der Waals surface area contributed by atoms with Gasteiger partial charge in [0.2, 0.25) is 10.0 Å². The standard InChI is InChI=1S/C10H13ClFNO2S/c1-7(2)13-16(14,15)6-8-3-4-9(12)5-10(8)11/h3-5,7,13H,6H2,1-2H3. The van der Waals surface area contributed by atoms with Crippen molar-refractivity contribution in [2.75, 3.05) is 0 Å². The monoisotopic (exact) mass is 265 g/mol. The maximum atomic E-state index is 12.7. The molecule has 90 valence electrons. The van der Waals surface area contributed by atoms with E-state index in [1.54, 1.807) is 13.8 Å². The molecule has 0 aliphatic heterocycles. The van der Waals surface area contributed by atoms with Crippen LogP contribution in [-0.2, 0) is 15.8 Å². The summed E-state index contributed by atoms with van der Waals surface area (Å²) in [6.45, 7) is 3.45. The normalized spacial score (nSPS) is 12.1. The highest BCUT2D eigenvalue weighted by Crippen LogP contribution is 2.19. The van der Waals surface area contributed by atoms with Gasteiger partial charge < -0.3 is 0 Å². The molecule has 6 heteroatoms. The van der Waals surface area contributed by atoms with Crippen molar-refractivity contribution in [1.29, 1.82) is 0 Å². The molecule has 1 N–H and O–H groups in total. The van der Waals surface area contributed by atoms with E-state index in [2.05, 4.69) is 4.72 Å². The average Bonchev–Trinajstić information content (AvgIpc) is 2.07. The molecule has 1 aromatic rings. The summed E-state index contributed by atoms with van der Waals surface area (Å²) in [5, 5.41) is 0.120. The Labute approximate surface area is 99.7 Å². The first-order chi connectivity index (χ1) is 7.30. The van der Waals surface area contributed by atoms with Crippen LogP contribution in [0.3, 0.4) is 0 Å². The van der Waals surface area contributed by atoms with E-state index >= 15 is 0 Å². The van der Waals surface area contributed by atoms with E-state index in [9.17, 15) is 12.8 Å².